The van der Waals surface area contributed by atoms with Crippen LogP contribution in [0.2, 0.25) is 0 Å². The van der Waals surface area contributed by atoms with Gasteiger partial charge >= 0.3 is 0 Å². The van der Waals surface area contributed by atoms with Crippen LogP contribution in [0.15, 0.2) is 0 Å². The lowest BCUT2D eigenvalue weighted by Crippen LogP contribution is -2.33. The van der Waals surface area contributed by atoms with Gasteiger partial charge in [0.15, 0.2) is 0 Å². The summed E-state index contributed by atoms with van der Waals surface area (Å²) in [6.07, 6.45) is -0.206. The van der Waals surface area contributed by atoms with Gasteiger partial charge in [-0.2, -0.15) is 0 Å². The van der Waals surface area contributed by atoms with Gasteiger partial charge in [-0.15, -0.1) is 0 Å². The first-order valence-corrected chi connectivity index (χ1v) is 2.07. The van der Waals surface area contributed by atoms with E-state index in [0.717, 1.165) is 0 Å². The Kier molecular flexibility index (Phi) is 2.55. The van der Waals surface area contributed by atoms with Crippen molar-refractivity contribution in [2.24, 2.45) is 5.73 Å². The van der Waals surface area contributed by atoms with E-state index in [2.05, 4.69) is 0 Å². The molecule has 0 heterocycles. The molecule has 0 radical (unpaired) electrons. The van der Waals surface area contributed by atoms with Crippen LogP contribution in [-0.4, -0.2) is 23.5 Å². The van der Waals surface area contributed by atoms with Crippen molar-refractivity contribution in [1.29, 1.82) is 0 Å². The van der Waals surface area contributed by atoms with Gasteiger partial charge in [0.2, 0.25) is 0 Å². The topological polar surface area (TPSA) is 63.3 Å². The predicted octanol–water partition coefficient (Wildman–Crippen LogP) is -1.11. The smallest absolute Gasteiger partial charge is 0.139 e. The molecule has 2 atom stereocenters. The summed E-state index contributed by atoms with van der Waals surface area (Å²) in [6, 6.07) is -0.722. The number of carbonyl (C=O) groups excluding carboxylic acids is 1. The number of aldehydes is 1. The van der Waals surface area contributed by atoms with Crippen LogP contribution in [-0.2, 0) is 4.79 Å². The number of nitrogens with two attached hydrogens (primary N) is 1. The number of rotatable bonds is 2. The molecule has 3 N–H and O–H groups in total. The number of hydrogen-bond donors (Lipinski definition) is 2. The minimum Gasteiger partial charge on any atom is -0.391 e. The molecule has 0 aromatic rings. The van der Waals surface area contributed by atoms with Crippen LogP contribution < -0.4 is 5.73 Å². The molecule has 3 heteroatoms. The molecule has 0 aliphatic rings. The molecule has 3 nitrogen and oxygen atoms in total. The van der Waals surface area contributed by atoms with Crippen LogP contribution in [0, 0.1) is 0 Å². The largest absolute Gasteiger partial charge is 0.391 e. The first-order valence-electron chi connectivity index (χ1n) is 2.07. The SMILES string of the molecule is C[C@H](O)[C@@H](N)C=O. The predicted molar refractivity (Wildman–Crippen MR) is 25.7 cm³/mol. The summed E-state index contributed by atoms with van der Waals surface area (Å²) < 4.78 is 0. The normalized spacial score (nSPS) is 18.1. The van der Waals surface area contributed by atoms with E-state index in [1.807, 2.05) is 0 Å². The summed E-state index contributed by atoms with van der Waals surface area (Å²) in [5.74, 6) is 0. The minimum absolute atomic E-state index is 0.519. The number of aliphatic hydroxyl groups is 1. The Morgan fingerprint density at radius 2 is 2.29 bits per heavy atom. The third-order valence-electron chi connectivity index (χ3n) is 0.714. The second-order valence-corrected chi connectivity index (χ2v) is 1.45. The van der Waals surface area contributed by atoms with Gasteiger partial charge in [-0.3, -0.25) is 0 Å². The number of aliphatic hydroxyl groups excluding tert-OH is 1. The van der Waals surface area contributed by atoms with E-state index in [4.69, 9.17) is 10.8 Å². The van der Waals surface area contributed by atoms with E-state index >= 15 is 0 Å². The zero-order valence-electron chi connectivity index (χ0n) is 4.16. The van der Waals surface area contributed by atoms with Crippen molar-refractivity contribution in [3.8, 4) is 0 Å². The summed E-state index contributed by atoms with van der Waals surface area (Å²) in [5.41, 5.74) is 5.00. The van der Waals surface area contributed by atoms with E-state index < -0.39 is 12.1 Å². The molecule has 0 fully saturated rings. The maximum absolute atomic E-state index is 9.66. The second kappa shape index (κ2) is 2.71. The summed E-state index contributed by atoms with van der Waals surface area (Å²) in [4.78, 5) is 9.66. The van der Waals surface area contributed by atoms with E-state index in [9.17, 15) is 4.79 Å². The van der Waals surface area contributed by atoms with Gasteiger partial charge in [0.25, 0.3) is 0 Å². The Balaban J connectivity index is 3.33. The molecular weight excluding hydrogens is 94.0 g/mol. The highest BCUT2D eigenvalue weighted by Gasteiger charge is 2.04. The molecule has 0 aromatic heterocycles. The molecule has 0 rings (SSSR count). The lowest BCUT2D eigenvalue weighted by Gasteiger charge is -2.03. The summed E-state index contributed by atoms with van der Waals surface area (Å²) in [7, 11) is 0. The van der Waals surface area contributed by atoms with Crippen LogP contribution in [0.4, 0.5) is 0 Å². The van der Waals surface area contributed by atoms with E-state index in [0.29, 0.717) is 6.29 Å². The van der Waals surface area contributed by atoms with Crippen molar-refractivity contribution >= 4 is 6.29 Å². The first-order chi connectivity index (χ1) is 3.18. The summed E-state index contributed by atoms with van der Waals surface area (Å²) >= 11 is 0. The van der Waals surface area contributed by atoms with Gasteiger partial charge in [-0.25, -0.2) is 0 Å². The molecule has 0 aromatic carbocycles. The quantitative estimate of drug-likeness (QED) is 0.436. The fraction of sp³-hybridized carbons (Fsp3) is 0.750. The molecule has 0 saturated carbocycles. The highest BCUT2D eigenvalue weighted by Crippen LogP contribution is 1.80. The van der Waals surface area contributed by atoms with Crippen LogP contribution in [0.1, 0.15) is 6.92 Å². The second-order valence-electron chi connectivity index (χ2n) is 1.45. The van der Waals surface area contributed by atoms with Crippen molar-refractivity contribution in [2.45, 2.75) is 19.1 Å². The van der Waals surface area contributed by atoms with Crippen molar-refractivity contribution in [3.05, 3.63) is 0 Å². The molecule has 7 heavy (non-hydrogen) atoms. The average molecular weight is 103 g/mol. The summed E-state index contributed by atoms with van der Waals surface area (Å²) in [5, 5.41) is 8.46. The Labute approximate surface area is 42.1 Å². The van der Waals surface area contributed by atoms with Gasteiger partial charge in [-0.05, 0) is 6.92 Å². The van der Waals surface area contributed by atoms with E-state index in [1.165, 1.54) is 6.92 Å². The Morgan fingerprint density at radius 3 is 2.29 bits per heavy atom. The van der Waals surface area contributed by atoms with Crippen molar-refractivity contribution in [2.75, 3.05) is 0 Å². The highest BCUT2D eigenvalue weighted by atomic mass is 16.3. The molecule has 42 valence electrons. The molecule has 0 aliphatic carbocycles. The third-order valence-corrected chi connectivity index (χ3v) is 0.714. The molecule has 0 aliphatic heterocycles. The molecule has 0 spiro atoms. The standard InChI is InChI=1S/C4H9NO2/c1-3(7)4(5)2-6/h2-4,7H,5H2,1H3/t3-,4-/m0/s1. The van der Waals surface area contributed by atoms with Crippen molar-refractivity contribution in [3.63, 3.8) is 0 Å². The van der Waals surface area contributed by atoms with Crippen molar-refractivity contribution < 1.29 is 9.90 Å². The fourth-order valence-corrected chi connectivity index (χ4v) is 0.114. The lowest BCUT2D eigenvalue weighted by atomic mass is 10.2. The third kappa shape index (κ3) is 2.31. The zero-order chi connectivity index (χ0) is 5.86. The zero-order valence-corrected chi connectivity index (χ0v) is 4.16. The minimum atomic E-state index is -0.725. The monoisotopic (exact) mass is 103 g/mol. The number of carbonyl (C=O) groups is 1. The van der Waals surface area contributed by atoms with Gasteiger partial charge < -0.3 is 15.6 Å². The summed E-state index contributed by atoms with van der Waals surface area (Å²) in [6.45, 7) is 1.47. The van der Waals surface area contributed by atoms with Crippen LogP contribution in [0.5, 0.6) is 0 Å². The maximum atomic E-state index is 9.66. The van der Waals surface area contributed by atoms with Gasteiger partial charge in [0.05, 0.1) is 12.1 Å². The van der Waals surface area contributed by atoms with Gasteiger partial charge in [0.1, 0.15) is 6.29 Å². The van der Waals surface area contributed by atoms with Crippen LogP contribution >= 0.6 is 0 Å². The average Bonchev–Trinajstić information content (AvgIpc) is 1.65. The first kappa shape index (κ1) is 6.59. The number of hydrogen-bond acceptors (Lipinski definition) is 3. The Hall–Kier alpha value is -0.410. The molecule has 0 amide bonds. The molecular formula is C4H9NO2. The van der Waals surface area contributed by atoms with Crippen LogP contribution in [0.25, 0.3) is 0 Å². The van der Waals surface area contributed by atoms with Crippen molar-refractivity contribution in [1.82, 2.24) is 0 Å². The highest BCUT2D eigenvalue weighted by molar-refractivity contribution is 5.57. The lowest BCUT2D eigenvalue weighted by molar-refractivity contribution is -0.110. The van der Waals surface area contributed by atoms with E-state index in [1.54, 1.807) is 0 Å². The Bertz CT molecular complexity index is 62.7. The van der Waals surface area contributed by atoms with E-state index in [-0.39, 0.29) is 0 Å². The molecule has 0 bridgehead atoms. The van der Waals surface area contributed by atoms with Gasteiger partial charge in [0, 0.05) is 0 Å². The maximum Gasteiger partial charge on any atom is 0.139 e. The molecule has 0 unspecified atom stereocenters. The van der Waals surface area contributed by atoms with Gasteiger partial charge in [-0.1, -0.05) is 0 Å². The Morgan fingerprint density at radius 1 is 1.86 bits per heavy atom. The molecule has 0 saturated heterocycles. The fourth-order valence-electron chi connectivity index (χ4n) is 0.114. The van der Waals surface area contributed by atoms with Crippen LogP contribution in [0.3, 0.4) is 0 Å².